The molecule has 13 heavy (non-hydrogen) atoms. The number of esters is 1. The molecule has 0 spiro atoms. The molecule has 0 N–H and O–H groups in total. The molecule has 0 unspecified atom stereocenters. The molecule has 0 aromatic carbocycles. The van der Waals surface area contributed by atoms with E-state index < -0.39 is 0 Å². The van der Waals surface area contributed by atoms with E-state index in [1.165, 1.54) is 7.11 Å². The summed E-state index contributed by atoms with van der Waals surface area (Å²) in [4.78, 5) is 15.8. The smallest absolute Gasteiger partial charge is 0.317 e. The fourth-order valence-corrected chi connectivity index (χ4v) is 2.18. The molecule has 0 bridgehead atoms. The number of methoxy groups -OCH3 is 1. The summed E-state index contributed by atoms with van der Waals surface area (Å²) in [6.07, 6.45) is 1.76. The van der Waals surface area contributed by atoms with E-state index in [1.54, 1.807) is 11.3 Å². The molecular weight excluding hydrogens is 186 g/mol. The third-order valence-corrected chi connectivity index (χ3v) is 3.21. The first kappa shape index (κ1) is 8.69. The summed E-state index contributed by atoms with van der Waals surface area (Å²) >= 11 is 1.58. The molecule has 0 saturated heterocycles. The van der Waals surface area contributed by atoms with Crippen molar-refractivity contribution in [1.82, 2.24) is 4.98 Å². The van der Waals surface area contributed by atoms with E-state index in [4.69, 9.17) is 4.74 Å². The molecule has 70 valence electrons. The Kier molecular flexibility index (Phi) is 1.87. The van der Waals surface area contributed by atoms with E-state index in [2.05, 4.69) is 4.98 Å². The number of ether oxygens (including phenoxy) is 1. The van der Waals surface area contributed by atoms with Crippen LogP contribution in [0.3, 0.4) is 0 Å². The van der Waals surface area contributed by atoms with E-state index in [0.717, 1.165) is 23.5 Å². The van der Waals surface area contributed by atoms with Gasteiger partial charge in [-0.1, -0.05) is 0 Å². The van der Waals surface area contributed by atoms with E-state index in [9.17, 15) is 4.79 Å². The molecule has 1 saturated carbocycles. The van der Waals surface area contributed by atoms with Gasteiger partial charge in [-0.3, -0.25) is 4.79 Å². The number of thiazole rings is 1. The van der Waals surface area contributed by atoms with Gasteiger partial charge < -0.3 is 4.74 Å². The van der Waals surface area contributed by atoms with Gasteiger partial charge in [0.15, 0.2) is 0 Å². The topological polar surface area (TPSA) is 39.2 Å². The van der Waals surface area contributed by atoms with Gasteiger partial charge in [0.2, 0.25) is 0 Å². The predicted molar refractivity (Wildman–Crippen MR) is 49.8 cm³/mol. The Bertz CT molecular complexity index is 341. The van der Waals surface area contributed by atoms with Gasteiger partial charge in [0.05, 0.1) is 17.8 Å². The minimum atomic E-state index is -0.389. The standard InChI is InChI=1S/C9H11NO2S/c1-6-10-7(5-13-6)9(3-4-9)8(11)12-2/h5H,3-4H2,1-2H3. The van der Waals surface area contributed by atoms with Crippen LogP contribution in [0.2, 0.25) is 0 Å². The number of aromatic nitrogens is 1. The molecule has 1 aliphatic rings. The fourth-order valence-electron chi connectivity index (χ4n) is 1.47. The van der Waals surface area contributed by atoms with Crippen molar-refractivity contribution in [3.8, 4) is 0 Å². The lowest BCUT2D eigenvalue weighted by molar-refractivity contribution is -0.143. The van der Waals surface area contributed by atoms with Crippen LogP contribution in [0.25, 0.3) is 0 Å². The maximum Gasteiger partial charge on any atom is 0.317 e. The van der Waals surface area contributed by atoms with Crippen molar-refractivity contribution in [3.05, 3.63) is 16.1 Å². The molecule has 0 atom stereocenters. The van der Waals surface area contributed by atoms with Crippen molar-refractivity contribution in [2.24, 2.45) is 0 Å². The Hall–Kier alpha value is -0.900. The third-order valence-electron chi connectivity index (χ3n) is 2.44. The van der Waals surface area contributed by atoms with Crippen molar-refractivity contribution >= 4 is 17.3 Å². The minimum Gasteiger partial charge on any atom is -0.468 e. The molecule has 0 amide bonds. The highest BCUT2D eigenvalue weighted by Crippen LogP contribution is 2.49. The van der Waals surface area contributed by atoms with Crippen LogP contribution in [-0.4, -0.2) is 18.1 Å². The normalized spacial score (nSPS) is 18.3. The van der Waals surface area contributed by atoms with Gasteiger partial charge in [-0.05, 0) is 19.8 Å². The Morgan fingerprint density at radius 1 is 1.69 bits per heavy atom. The van der Waals surface area contributed by atoms with Crippen molar-refractivity contribution in [2.45, 2.75) is 25.2 Å². The zero-order valence-corrected chi connectivity index (χ0v) is 8.48. The van der Waals surface area contributed by atoms with Crippen LogP contribution in [0.4, 0.5) is 0 Å². The van der Waals surface area contributed by atoms with Crippen LogP contribution < -0.4 is 0 Å². The second kappa shape index (κ2) is 2.80. The molecule has 1 aliphatic carbocycles. The first-order valence-electron chi connectivity index (χ1n) is 4.20. The quantitative estimate of drug-likeness (QED) is 0.677. The molecule has 1 aromatic rings. The number of hydrogen-bond donors (Lipinski definition) is 0. The number of rotatable bonds is 2. The van der Waals surface area contributed by atoms with Crippen molar-refractivity contribution in [1.29, 1.82) is 0 Å². The number of hydrogen-bond acceptors (Lipinski definition) is 4. The summed E-state index contributed by atoms with van der Waals surface area (Å²) < 4.78 is 4.77. The monoisotopic (exact) mass is 197 g/mol. The minimum absolute atomic E-state index is 0.141. The molecule has 1 aromatic heterocycles. The van der Waals surface area contributed by atoms with Gasteiger partial charge in [-0.15, -0.1) is 11.3 Å². The molecule has 3 nitrogen and oxygen atoms in total. The molecule has 4 heteroatoms. The van der Waals surface area contributed by atoms with E-state index in [-0.39, 0.29) is 11.4 Å². The average Bonchev–Trinajstić information content (AvgIpc) is 2.83. The van der Waals surface area contributed by atoms with Crippen LogP contribution in [0.15, 0.2) is 5.38 Å². The van der Waals surface area contributed by atoms with Crippen LogP contribution in [0.5, 0.6) is 0 Å². The first-order valence-corrected chi connectivity index (χ1v) is 5.08. The highest BCUT2D eigenvalue weighted by atomic mass is 32.1. The summed E-state index contributed by atoms with van der Waals surface area (Å²) in [5.41, 5.74) is 0.501. The van der Waals surface area contributed by atoms with Gasteiger partial charge in [0, 0.05) is 5.38 Å². The van der Waals surface area contributed by atoms with Crippen LogP contribution >= 0.6 is 11.3 Å². The van der Waals surface area contributed by atoms with Crippen molar-refractivity contribution < 1.29 is 9.53 Å². The average molecular weight is 197 g/mol. The first-order chi connectivity index (χ1) is 6.19. The van der Waals surface area contributed by atoms with Crippen LogP contribution in [0, 0.1) is 6.92 Å². The predicted octanol–water partition coefficient (Wildman–Crippen LogP) is 1.66. The summed E-state index contributed by atoms with van der Waals surface area (Å²) in [6.45, 7) is 1.95. The summed E-state index contributed by atoms with van der Waals surface area (Å²) in [5.74, 6) is -0.141. The Morgan fingerprint density at radius 2 is 2.38 bits per heavy atom. The molecular formula is C9H11NO2S. The summed E-state index contributed by atoms with van der Waals surface area (Å²) in [6, 6.07) is 0. The Labute approximate surface area is 80.8 Å². The maximum absolute atomic E-state index is 11.4. The summed E-state index contributed by atoms with van der Waals surface area (Å²) in [7, 11) is 1.43. The fraction of sp³-hybridized carbons (Fsp3) is 0.556. The molecule has 1 fully saturated rings. The second-order valence-corrected chi connectivity index (χ2v) is 4.39. The SMILES string of the molecule is COC(=O)C1(c2csc(C)n2)CC1. The van der Waals surface area contributed by atoms with Gasteiger partial charge in [0.25, 0.3) is 0 Å². The van der Waals surface area contributed by atoms with Gasteiger partial charge in [0.1, 0.15) is 5.41 Å². The van der Waals surface area contributed by atoms with E-state index in [1.807, 2.05) is 12.3 Å². The highest BCUT2D eigenvalue weighted by Gasteiger charge is 2.54. The zero-order valence-electron chi connectivity index (χ0n) is 7.66. The zero-order chi connectivity index (χ0) is 9.47. The Balaban J connectivity index is 2.30. The third kappa shape index (κ3) is 1.25. The second-order valence-electron chi connectivity index (χ2n) is 3.33. The highest BCUT2D eigenvalue weighted by molar-refractivity contribution is 7.09. The maximum atomic E-state index is 11.4. The van der Waals surface area contributed by atoms with Crippen LogP contribution in [0.1, 0.15) is 23.5 Å². The Morgan fingerprint density at radius 3 is 2.77 bits per heavy atom. The van der Waals surface area contributed by atoms with Gasteiger partial charge in [-0.2, -0.15) is 0 Å². The number of carbonyl (C=O) groups excluding carboxylic acids is 1. The molecule has 0 radical (unpaired) electrons. The molecule has 2 rings (SSSR count). The van der Waals surface area contributed by atoms with E-state index in [0.29, 0.717) is 0 Å². The van der Waals surface area contributed by atoms with Crippen LogP contribution in [-0.2, 0) is 14.9 Å². The number of aryl methyl sites for hydroxylation is 1. The van der Waals surface area contributed by atoms with E-state index >= 15 is 0 Å². The lowest BCUT2D eigenvalue weighted by Gasteiger charge is -2.08. The van der Waals surface area contributed by atoms with Crippen molar-refractivity contribution in [3.63, 3.8) is 0 Å². The number of carbonyl (C=O) groups is 1. The largest absolute Gasteiger partial charge is 0.468 e. The van der Waals surface area contributed by atoms with Gasteiger partial charge >= 0.3 is 5.97 Å². The van der Waals surface area contributed by atoms with Gasteiger partial charge in [-0.25, -0.2) is 4.98 Å². The number of nitrogens with zero attached hydrogens (tertiary/aromatic N) is 1. The molecule has 1 heterocycles. The van der Waals surface area contributed by atoms with Crippen molar-refractivity contribution in [2.75, 3.05) is 7.11 Å². The molecule has 0 aliphatic heterocycles. The lowest BCUT2D eigenvalue weighted by atomic mass is 10.0. The summed E-state index contributed by atoms with van der Waals surface area (Å²) in [5, 5.41) is 2.96. The lowest BCUT2D eigenvalue weighted by Crippen LogP contribution is -2.22.